The zero-order valence-corrected chi connectivity index (χ0v) is 21.0. The van der Waals surface area contributed by atoms with Gasteiger partial charge in [0.05, 0.1) is 13.2 Å². The Morgan fingerprint density at radius 2 is 1.51 bits per heavy atom. The lowest BCUT2D eigenvalue weighted by Crippen LogP contribution is -2.60. The van der Waals surface area contributed by atoms with E-state index >= 15 is 0 Å². The van der Waals surface area contributed by atoms with E-state index in [9.17, 15) is 50.8 Å². The molecule has 0 unspecified atom stereocenters. The van der Waals surface area contributed by atoms with Crippen LogP contribution in [0.1, 0.15) is 0 Å². The van der Waals surface area contributed by atoms with Crippen LogP contribution >= 0.6 is 0 Å². The predicted octanol–water partition coefficient (Wildman–Crippen LogP) is -2.13. The highest BCUT2D eigenvalue weighted by molar-refractivity contribution is 5.88. The molecule has 2 saturated heterocycles. The lowest BCUT2D eigenvalue weighted by molar-refractivity contribution is -0.277. The van der Waals surface area contributed by atoms with Gasteiger partial charge in [-0.15, -0.1) is 0 Å². The van der Waals surface area contributed by atoms with Gasteiger partial charge in [0.2, 0.25) is 23.8 Å². The number of rotatable bonds is 6. The van der Waals surface area contributed by atoms with Crippen molar-refractivity contribution in [3.05, 3.63) is 46.6 Å². The Labute approximate surface area is 230 Å². The van der Waals surface area contributed by atoms with Crippen LogP contribution in [0, 0.1) is 0 Å². The predicted molar refractivity (Wildman–Crippen MR) is 134 cm³/mol. The first-order valence-corrected chi connectivity index (χ1v) is 12.4. The molecule has 2 aliphatic rings. The van der Waals surface area contributed by atoms with Crippen LogP contribution in [0.4, 0.5) is 0 Å². The first-order valence-electron chi connectivity index (χ1n) is 12.4. The minimum Gasteiger partial charge on any atom is -0.508 e. The summed E-state index contributed by atoms with van der Waals surface area (Å²) >= 11 is 0. The van der Waals surface area contributed by atoms with Crippen LogP contribution in [0.15, 0.2) is 45.6 Å². The first-order chi connectivity index (χ1) is 19.5. The summed E-state index contributed by atoms with van der Waals surface area (Å²) in [7, 11) is 0. The normalized spacial score (nSPS) is 32.1. The van der Waals surface area contributed by atoms with E-state index in [1.54, 1.807) is 0 Å². The molecule has 3 aromatic rings. The maximum Gasteiger partial charge on any atom is 0.239 e. The number of phenolic OH excluding ortho intramolecular Hbond substituents is 2. The number of hydrogen-bond donors (Lipinski definition) is 9. The quantitative estimate of drug-likeness (QED) is 0.151. The molecular formula is C26H28O15. The number of fused-ring (bicyclic) bond motifs is 1. The van der Waals surface area contributed by atoms with Gasteiger partial charge in [0, 0.05) is 17.7 Å². The smallest absolute Gasteiger partial charge is 0.239 e. The van der Waals surface area contributed by atoms with Gasteiger partial charge in [-0.1, -0.05) is 0 Å². The number of aliphatic hydroxyl groups excluding tert-OH is 7. The van der Waals surface area contributed by atoms with Gasteiger partial charge in [-0.25, -0.2) is 0 Å². The van der Waals surface area contributed by atoms with Crippen molar-refractivity contribution < 1.29 is 69.3 Å². The molecule has 0 aliphatic carbocycles. The molecule has 0 bridgehead atoms. The highest BCUT2D eigenvalue weighted by Crippen LogP contribution is 2.38. The van der Waals surface area contributed by atoms with E-state index in [0.717, 1.165) is 6.07 Å². The fourth-order valence-corrected chi connectivity index (χ4v) is 4.53. The average molecular weight is 580 g/mol. The molecule has 3 heterocycles. The summed E-state index contributed by atoms with van der Waals surface area (Å²) in [5.41, 5.74) is -1.00. The molecule has 0 amide bonds. The summed E-state index contributed by atoms with van der Waals surface area (Å²) in [6.07, 6.45) is -14.5. The van der Waals surface area contributed by atoms with Crippen LogP contribution < -0.4 is 14.9 Å². The molecule has 222 valence electrons. The zero-order valence-electron chi connectivity index (χ0n) is 21.0. The highest BCUT2D eigenvalue weighted by Gasteiger charge is 2.45. The van der Waals surface area contributed by atoms with Gasteiger partial charge in [0.1, 0.15) is 70.9 Å². The Bertz CT molecular complexity index is 1440. The van der Waals surface area contributed by atoms with Crippen molar-refractivity contribution in [2.75, 3.05) is 13.2 Å². The number of benzene rings is 2. The Morgan fingerprint density at radius 1 is 0.829 bits per heavy atom. The number of ether oxygens (including phenoxy) is 4. The molecule has 9 atom stereocenters. The van der Waals surface area contributed by atoms with Crippen molar-refractivity contribution in [2.24, 2.45) is 0 Å². The lowest BCUT2D eigenvalue weighted by Gasteiger charge is -2.39. The van der Waals surface area contributed by atoms with Gasteiger partial charge in [-0.05, 0) is 24.3 Å². The van der Waals surface area contributed by atoms with Crippen molar-refractivity contribution in [3.8, 4) is 34.3 Å². The standard InChI is InChI=1S/C26H28O15/c27-7-15-18(32)20(34)22(36)26(40-15)41-24-19(33)16-12(29)5-11(38-25-21(35)17(31)13(30)8-37-25)6-14(16)39-23(24)9-1-3-10(28)4-2-9/h1-6,13,15,17-18,20-22,25-32,34-36H,7-8H2/t13-,15+,17-,18+,20-,21+,22+,25-,26-/m0/s1. The van der Waals surface area contributed by atoms with E-state index in [4.69, 9.17) is 23.4 Å². The molecule has 0 spiro atoms. The summed E-state index contributed by atoms with van der Waals surface area (Å²) in [6.45, 7) is -1.10. The minimum absolute atomic E-state index is 0.111. The molecule has 41 heavy (non-hydrogen) atoms. The fourth-order valence-electron chi connectivity index (χ4n) is 4.53. The van der Waals surface area contributed by atoms with E-state index in [0.29, 0.717) is 0 Å². The van der Waals surface area contributed by atoms with Gasteiger partial charge in [-0.3, -0.25) is 4.79 Å². The minimum atomic E-state index is -1.87. The zero-order chi connectivity index (χ0) is 29.6. The van der Waals surface area contributed by atoms with E-state index in [1.807, 2.05) is 0 Å². The molecule has 0 saturated carbocycles. The second kappa shape index (κ2) is 11.4. The molecule has 9 N–H and O–H groups in total. The van der Waals surface area contributed by atoms with E-state index in [2.05, 4.69) is 0 Å². The number of phenols is 2. The summed E-state index contributed by atoms with van der Waals surface area (Å²) in [6, 6.07) is 7.51. The largest absolute Gasteiger partial charge is 0.508 e. The Kier molecular flexibility index (Phi) is 8.06. The molecule has 15 heteroatoms. The Hall–Kier alpha value is -3.51. The molecule has 1 aromatic heterocycles. The second-order valence-corrected chi connectivity index (χ2v) is 9.64. The monoisotopic (exact) mass is 580 g/mol. The maximum atomic E-state index is 13.7. The molecule has 15 nitrogen and oxygen atoms in total. The maximum absolute atomic E-state index is 13.7. The Morgan fingerprint density at radius 3 is 2.20 bits per heavy atom. The van der Waals surface area contributed by atoms with Crippen LogP contribution in [0.2, 0.25) is 0 Å². The van der Waals surface area contributed by atoms with Gasteiger partial charge < -0.3 is 69.3 Å². The SMILES string of the molecule is O=c1c(O[C@@H]2O[C@H](CO)[C@@H](O)[C@H](O)[C@H]2O)c(-c2ccc(O)cc2)oc2cc(O[C@@H]3OC[C@H](O)[C@H](O)[C@H]3O)cc(O)c12. The lowest BCUT2D eigenvalue weighted by atomic mass is 9.99. The first kappa shape index (κ1) is 29.0. The molecule has 2 fully saturated rings. The highest BCUT2D eigenvalue weighted by atomic mass is 16.7. The van der Waals surface area contributed by atoms with Crippen molar-refractivity contribution in [2.45, 2.75) is 55.3 Å². The van der Waals surface area contributed by atoms with Crippen LogP contribution in [0.5, 0.6) is 23.0 Å². The van der Waals surface area contributed by atoms with Gasteiger partial charge in [0.15, 0.2) is 5.76 Å². The molecule has 2 aromatic carbocycles. The summed E-state index contributed by atoms with van der Waals surface area (Å²) in [4.78, 5) is 13.7. The second-order valence-electron chi connectivity index (χ2n) is 9.64. The molecule has 0 radical (unpaired) electrons. The molecule has 5 rings (SSSR count). The fraction of sp³-hybridized carbons (Fsp3) is 0.423. The van der Waals surface area contributed by atoms with Crippen molar-refractivity contribution in [1.29, 1.82) is 0 Å². The van der Waals surface area contributed by atoms with Crippen LogP contribution in [0.25, 0.3) is 22.3 Å². The average Bonchev–Trinajstić information content (AvgIpc) is 2.95. The van der Waals surface area contributed by atoms with Crippen molar-refractivity contribution in [1.82, 2.24) is 0 Å². The van der Waals surface area contributed by atoms with E-state index in [1.165, 1.54) is 30.3 Å². The third kappa shape index (κ3) is 5.42. The number of aliphatic hydroxyl groups is 7. The van der Waals surface area contributed by atoms with E-state index < -0.39 is 84.2 Å². The topological polar surface area (TPSA) is 249 Å². The van der Waals surface area contributed by atoms with E-state index in [-0.39, 0.29) is 35.0 Å². The summed E-state index contributed by atoms with van der Waals surface area (Å²) in [5.74, 6) is -1.76. The summed E-state index contributed by atoms with van der Waals surface area (Å²) < 4.78 is 27.7. The summed E-state index contributed by atoms with van der Waals surface area (Å²) in [5, 5.41) is 90.0. The number of hydrogen-bond acceptors (Lipinski definition) is 15. The third-order valence-electron chi connectivity index (χ3n) is 6.82. The third-order valence-corrected chi connectivity index (χ3v) is 6.82. The van der Waals surface area contributed by atoms with Crippen LogP contribution in [-0.4, -0.2) is 114 Å². The number of aromatic hydroxyl groups is 2. The van der Waals surface area contributed by atoms with Crippen LogP contribution in [0.3, 0.4) is 0 Å². The van der Waals surface area contributed by atoms with Gasteiger partial charge in [-0.2, -0.15) is 0 Å². The van der Waals surface area contributed by atoms with Crippen molar-refractivity contribution >= 4 is 11.0 Å². The Balaban J connectivity index is 1.58. The molecular weight excluding hydrogens is 552 g/mol. The van der Waals surface area contributed by atoms with Crippen molar-refractivity contribution in [3.63, 3.8) is 0 Å². The van der Waals surface area contributed by atoms with Crippen LogP contribution in [-0.2, 0) is 9.47 Å². The molecule has 2 aliphatic heterocycles. The van der Waals surface area contributed by atoms with Gasteiger partial charge in [0.25, 0.3) is 0 Å². The van der Waals surface area contributed by atoms with Gasteiger partial charge >= 0.3 is 0 Å².